The van der Waals surface area contributed by atoms with Crippen molar-refractivity contribution in [1.82, 2.24) is 0 Å². The van der Waals surface area contributed by atoms with Crippen molar-refractivity contribution in [2.45, 2.75) is 82.8 Å². The zero-order valence-electron chi connectivity index (χ0n) is 15.4. The van der Waals surface area contributed by atoms with Crippen molar-refractivity contribution < 1.29 is 25.2 Å². The minimum absolute atomic E-state index is 0.0405. The van der Waals surface area contributed by atoms with Gasteiger partial charge in [0.15, 0.2) is 0 Å². The summed E-state index contributed by atoms with van der Waals surface area (Å²) in [4.78, 5) is 12.1. The molecule has 7 atom stereocenters. The predicted octanol–water partition coefficient (Wildman–Crippen LogP) is 2.32. The minimum atomic E-state index is -1.08. The van der Waals surface area contributed by atoms with E-state index in [0.29, 0.717) is 25.7 Å². The van der Waals surface area contributed by atoms with Gasteiger partial charge in [-0.25, -0.2) is 0 Å². The van der Waals surface area contributed by atoms with Gasteiger partial charge < -0.3 is 20.4 Å². The summed E-state index contributed by atoms with van der Waals surface area (Å²) in [6.45, 7) is 3.72. The van der Waals surface area contributed by atoms with Gasteiger partial charge in [-0.3, -0.25) is 4.79 Å². The lowest BCUT2D eigenvalue weighted by Gasteiger charge is -2.67. The zero-order chi connectivity index (χ0) is 18.3. The van der Waals surface area contributed by atoms with Crippen molar-refractivity contribution in [2.24, 2.45) is 28.1 Å². The van der Waals surface area contributed by atoms with Crippen molar-refractivity contribution in [1.29, 1.82) is 0 Å². The van der Waals surface area contributed by atoms with Gasteiger partial charge >= 0.3 is 5.97 Å². The molecule has 0 aromatic carbocycles. The first kappa shape index (κ1) is 17.7. The van der Waals surface area contributed by atoms with Crippen molar-refractivity contribution >= 4 is 5.97 Å². The van der Waals surface area contributed by atoms with Crippen LogP contribution in [0.1, 0.15) is 71.6 Å². The van der Waals surface area contributed by atoms with E-state index in [0.717, 1.165) is 32.1 Å². The second kappa shape index (κ2) is 4.99. The summed E-state index contributed by atoms with van der Waals surface area (Å²) < 4.78 is 0. The Balaban J connectivity index is 1.80. The van der Waals surface area contributed by atoms with E-state index in [4.69, 9.17) is 0 Å². The monoisotopic (exact) mass is 352 g/mol. The molecule has 4 rings (SSSR count). The molecule has 142 valence electrons. The number of hydrogen-bond donors (Lipinski definition) is 4. The molecule has 4 aliphatic carbocycles. The number of aliphatic hydroxyl groups excluding tert-OH is 1. The van der Waals surface area contributed by atoms with Gasteiger partial charge in [0.25, 0.3) is 0 Å². The fraction of sp³-hybridized carbons (Fsp3) is 0.950. The van der Waals surface area contributed by atoms with Gasteiger partial charge in [0, 0.05) is 10.8 Å². The number of carboxylic acid groups (broad SMARTS) is 1. The fourth-order valence-corrected chi connectivity index (χ4v) is 7.95. The third-order valence-corrected chi connectivity index (χ3v) is 9.32. The Bertz CT molecular complexity index is 607. The number of carbonyl (C=O) groups is 1. The topological polar surface area (TPSA) is 98.0 Å². The molecule has 4 saturated carbocycles. The summed E-state index contributed by atoms with van der Waals surface area (Å²) in [5.41, 5.74) is -3.64. The maximum atomic E-state index is 12.1. The van der Waals surface area contributed by atoms with E-state index in [2.05, 4.69) is 6.92 Å². The molecule has 0 unspecified atom stereocenters. The molecule has 0 radical (unpaired) electrons. The summed E-state index contributed by atoms with van der Waals surface area (Å²) >= 11 is 0. The van der Waals surface area contributed by atoms with Crippen LogP contribution in [0.25, 0.3) is 0 Å². The normalized spacial score (nSPS) is 57.6. The molecule has 25 heavy (non-hydrogen) atoms. The summed E-state index contributed by atoms with van der Waals surface area (Å²) in [5, 5.41) is 42.7. The van der Waals surface area contributed by atoms with Crippen LogP contribution in [0.5, 0.6) is 0 Å². The first-order valence-electron chi connectivity index (χ1n) is 9.86. The van der Waals surface area contributed by atoms with E-state index in [1.165, 1.54) is 0 Å². The lowest BCUT2D eigenvalue weighted by molar-refractivity contribution is -0.262. The SMILES string of the molecule is C[C@@]1(C(=O)O)CCC[C@]2(C)[C@@H]1CC[C@@]13C[C@@H](CC[C@]12O)[C@@](O)(CO)C3. The molecule has 0 heterocycles. The lowest BCUT2D eigenvalue weighted by atomic mass is 9.39. The molecule has 0 saturated heterocycles. The quantitative estimate of drug-likeness (QED) is 0.611. The smallest absolute Gasteiger partial charge is 0.309 e. The molecule has 2 bridgehead atoms. The third kappa shape index (κ3) is 1.87. The van der Waals surface area contributed by atoms with E-state index in [1.807, 2.05) is 6.92 Å². The molecule has 0 aromatic rings. The van der Waals surface area contributed by atoms with Crippen LogP contribution in [0.3, 0.4) is 0 Å². The molecule has 5 heteroatoms. The van der Waals surface area contributed by atoms with Gasteiger partial charge in [0.1, 0.15) is 0 Å². The van der Waals surface area contributed by atoms with Crippen LogP contribution in [0.2, 0.25) is 0 Å². The second-order valence-electron chi connectivity index (χ2n) is 10.1. The lowest BCUT2D eigenvalue weighted by Crippen LogP contribution is -2.68. The molecule has 0 aromatic heterocycles. The van der Waals surface area contributed by atoms with E-state index in [-0.39, 0.29) is 23.9 Å². The second-order valence-corrected chi connectivity index (χ2v) is 10.1. The highest BCUT2D eigenvalue weighted by molar-refractivity contribution is 5.75. The van der Waals surface area contributed by atoms with Crippen LogP contribution >= 0.6 is 0 Å². The summed E-state index contributed by atoms with van der Waals surface area (Å²) in [6, 6.07) is 0. The van der Waals surface area contributed by atoms with Gasteiger partial charge in [0.05, 0.1) is 23.2 Å². The van der Waals surface area contributed by atoms with Gasteiger partial charge in [0.2, 0.25) is 0 Å². The minimum Gasteiger partial charge on any atom is -0.481 e. The van der Waals surface area contributed by atoms with Crippen molar-refractivity contribution in [3.05, 3.63) is 0 Å². The molecular weight excluding hydrogens is 320 g/mol. The van der Waals surface area contributed by atoms with Crippen LogP contribution in [0, 0.1) is 28.1 Å². The Kier molecular flexibility index (Phi) is 3.54. The number of rotatable bonds is 2. The predicted molar refractivity (Wildman–Crippen MR) is 91.8 cm³/mol. The fourth-order valence-electron chi connectivity index (χ4n) is 7.95. The van der Waals surface area contributed by atoms with Crippen LogP contribution < -0.4 is 0 Å². The highest BCUT2D eigenvalue weighted by Crippen LogP contribution is 2.74. The molecular formula is C20H32O5. The maximum absolute atomic E-state index is 12.1. The Morgan fingerprint density at radius 3 is 2.44 bits per heavy atom. The first-order chi connectivity index (χ1) is 11.6. The number of aliphatic hydroxyl groups is 3. The molecule has 4 fully saturated rings. The highest BCUT2D eigenvalue weighted by atomic mass is 16.4. The van der Waals surface area contributed by atoms with Crippen LogP contribution in [0.4, 0.5) is 0 Å². The van der Waals surface area contributed by atoms with Gasteiger partial charge in [-0.05, 0) is 70.1 Å². The molecule has 5 nitrogen and oxygen atoms in total. The van der Waals surface area contributed by atoms with Gasteiger partial charge in [-0.1, -0.05) is 13.3 Å². The number of fused-ring (bicyclic) bond motifs is 3. The highest BCUT2D eigenvalue weighted by Gasteiger charge is 2.74. The van der Waals surface area contributed by atoms with Crippen molar-refractivity contribution in [3.63, 3.8) is 0 Å². The number of hydrogen-bond acceptors (Lipinski definition) is 4. The third-order valence-electron chi connectivity index (χ3n) is 9.32. The van der Waals surface area contributed by atoms with Crippen molar-refractivity contribution in [2.75, 3.05) is 6.61 Å². The van der Waals surface area contributed by atoms with Crippen LogP contribution in [-0.4, -0.2) is 44.2 Å². The largest absolute Gasteiger partial charge is 0.481 e. The molecule has 0 aliphatic heterocycles. The van der Waals surface area contributed by atoms with E-state index in [1.54, 1.807) is 0 Å². The summed E-state index contributed by atoms with van der Waals surface area (Å²) in [7, 11) is 0. The Morgan fingerprint density at radius 2 is 1.80 bits per heavy atom. The molecule has 4 N–H and O–H groups in total. The van der Waals surface area contributed by atoms with Crippen molar-refractivity contribution in [3.8, 4) is 0 Å². The summed E-state index contributed by atoms with van der Waals surface area (Å²) in [5.74, 6) is -0.733. The van der Waals surface area contributed by atoms with Gasteiger partial charge in [-0.2, -0.15) is 0 Å². The Morgan fingerprint density at radius 1 is 1.08 bits per heavy atom. The van der Waals surface area contributed by atoms with E-state index < -0.39 is 28.0 Å². The number of carboxylic acids is 1. The van der Waals surface area contributed by atoms with Crippen LogP contribution in [-0.2, 0) is 4.79 Å². The summed E-state index contributed by atoms with van der Waals surface area (Å²) in [6.07, 6.45) is 6.42. The Hall–Kier alpha value is -0.650. The molecule has 4 aliphatic rings. The average Bonchev–Trinajstić information content (AvgIpc) is 2.80. The average molecular weight is 352 g/mol. The molecule has 0 amide bonds. The first-order valence-corrected chi connectivity index (χ1v) is 9.86. The number of aliphatic carboxylic acids is 1. The standard InChI is InChI=1S/C20H32O5/c1-16(15(22)23)6-3-7-17(2)14(16)5-8-18-10-13(4-9-20(17,18)25)19(24,11-18)12-21/h13-14,21,24-25H,3-12H2,1-2H3,(H,22,23)/t13-,14-,16-,17-,18+,19+,20-/m1/s1. The van der Waals surface area contributed by atoms with Gasteiger partial charge in [-0.15, -0.1) is 0 Å². The molecule has 1 spiro atoms. The van der Waals surface area contributed by atoms with Crippen LogP contribution in [0.15, 0.2) is 0 Å². The zero-order valence-corrected chi connectivity index (χ0v) is 15.4. The maximum Gasteiger partial charge on any atom is 0.309 e. The Labute approximate surface area is 149 Å². The van der Waals surface area contributed by atoms with E-state index >= 15 is 0 Å². The van der Waals surface area contributed by atoms with E-state index in [9.17, 15) is 25.2 Å².